The number of Topliss-reactive ketones (excluding diaryl/α,β-unsaturated/α-hetero) is 1. The number of ether oxygens (including phenoxy) is 1. The van der Waals surface area contributed by atoms with Gasteiger partial charge < -0.3 is 9.16 Å². The fourth-order valence-corrected chi connectivity index (χ4v) is 3.92. The minimum atomic E-state index is -1.91. The van der Waals surface area contributed by atoms with Gasteiger partial charge in [0.1, 0.15) is 11.2 Å². The van der Waals surface area contributed by atoms with Gasteiger partial charge in [0.05, 0.1) is 12.9 Å². The number of rotatable bonds is 5. The normalized spacial score (nSPS) is 31.3. The first-order chi connectivity index (χ1) is 10.1. The van der Waals surface area contributed by atoms with Gasteiger partial charge in [-0.2, -0.15) is 0 Å². The van der Waals surface area contributed by atoms with Crippen LogP contribution >= 0.6 is 0 Å². The Morgan fingerprint density at radius 3 is 2.50 bits per heavy atom. The summed E-state index contributed by atoms with van der Waals surface area (Å²) in [5, 5.41) is 0.101. The molecule has 2 saturated carbocycles. The molecule has 0 aromatic rings. The summed E-state index contributed by atoms with van der Waals surface area (Å²) < 4.78 is 11.3. The van der Waals surface area contributed by atoms with Gasteiger partial charge in [-0.05, 0) is 43.5 Å². The van der Waals surface area contributed by atoms with E-state index in [1.54, 1.807) is 19.3 Å². The molecule has 0 aliphatic heterocycles. The monoisotopic (exact) mass is 324 g/mol. The molecule has 5 heteroatoms. The zero-order valence-electron chi connectivity index (χ0n) is 14.6. The van der Waals surface area contributed by atoms with Gasteiger partial charge in [-0.1, -0.05) is 20.8 Å². The fraction of sp³-hybridized carbons (Fsp3) is 0.765. The molecule has 0 saturated heterocycles. The largest absolute Gasteiger partial charge is 0.549 e. The summed E-state index contributed by atoms with van der Waals surface area (Å²) >= 11 is 0. The second kappa shape index (κ2) is 5.51. The van der Waals surface area contributed by atoms with Crippen LogP contribution in [0.25, 0.3) is 0 Å². The highest BCUT2D eigenvalue weighted by molar-refractivity contribution is 6.74. The van der Waals surface area contributed by atoms with Gasteiger partial charge in [-0.25, -0.2) is 0 Å². The second-order valence-electron chi connectivity index (χ2n) is 7.92. The van der Waals surface area contributed by atoms with Crippen molar-refractivity contribution in [2.45, 2.75) is 58.7 Å². The zero-order valence-corrected chi connectivity index (χ0v) is 15.6. The van der Waals surface area contributed by atoms with E-state index in [1.165, 1.54) is 0 Å². The molecule has 3 atom stereocenters. The van der Waals surface area contributed by atoms with Crippen LogP contribution in [0.4, 0.5) is 0 Å². The third kappa shape index (κ3) is 2.64. The molecule has 0 heterocycles. The highest BCUT2D eigenvalue weighted by Crippen LogP contribution is 2.67. The summed E-state index contributed by atoms with van der Waals surface area (Å²) in [7, 11) is -1.91. The van der Waals surface area contributed by atoms with E-state index >= 15 is 0 Å². The van der Waals surface area contributed by atoms with Crippen LogP contribution < -0.4 is 0 Å². The van der Waals surface area contributed by atoms with Gasteiger partial charge in [0.2, 0.25) is 8.32 Å². The lowest BCUT2D eigenvalue weighted by Gasteiger charge is -2.35. The van der Waals surface area contributed by atoms with E-state index in [1.807, 2.05) is 0 Å². The van der Waals surface area contributed by atoms with Crippen molar-refractivity contribution >= 4 is 20.1 Å². The van der Waals surface area contributed by atoms with Crippen molar-refractivity contribution in [3.63, 3.8) is 0 Å². The molecule has 2 fully saturated rings. The molecule has 0 aromatic heterocycles. The van der Waals surface area contributed by atoms with Crippen LogP contribution in [0.1, 0.15) is 40.5 Å². The summed E-state index contributed by atoms with van der Waals surface area (Å²) in [6, 6.07) is 0. The number of esters is 1. The number of hydrogen-bond donors (Lipinski definition) is 0. The van der Waals surface area contributed by atoms with Crippen LogP contribution in [0, 0.1) is 17.3 Å². The minimum absolute atomic E-state index is 0.101. The zero-order chi connectivity index (χ0) is 16.8. The van der Waals surface area contributed by atoms with Crippen LogP contribution in [0.2, 0.25) is 18.1 Å². The predicted octanol–water partition coefficient (Wildman–Crippen LogP) is 3.68. The maximum atomic E-state index is 12.4. The van der Waals surface area contributed by atoms with Gasteiger partial charge in [0, 0.05) is 12.3 Å². The van der Waals surface area contributed by atoms with Gasteiger partial charge in [-0.15, -0.1) is 0 Å². The van der Waals surface area contributed by atoms with Crippen LogP contribution in [0.5, 0.6) is 0 Å². The number of ketones is 1. The fourth-order valence-electron chi connectivity index (χ4n) is 3.15. The summed E-state index contributed by atoms with van der Waals surface area (Å²) in [6.07, 6.45) is 4.85. The Bertz CT molecular complexity index is 503. The van der Waals surface area contributed by atoms with Crippen LogP contribution in [-0.2, 0) is 18.8 Å². The van der Waals surface area contributed by atoms with Gasteiger partial charge in [-0.3, -0.25) is 9.59 Å². The Morgan fingerprint density at radius 2 is 2.05 bits per heavy atom. The van der Waals surface area contributed by atoms with Crippen molar-refractivity contribution < 1.29 is 18.8 Å². The predicted molar refractivity (Wildman–Crippen MR) is 87.7 cm³/mol. The Balaban J connectivity index is 2.15. The van der Waals surface area contributed by atoms with Crippen LogP contribution in [0.3, 0.4) is 0 Å². The molecule has 0 N–H and O–H groups in total. The number of hydrogen-bond acceptors (Lipinski definition) is 4. The van der Waals surface area contributed by atoms with E-state index in [2.05, 4.69) is 33.9 Å². The molecule has 2 aliphatic carbocycles. The molecule has 2 aliphatic rings. The summed E-state index contributed by atoms with van der Waals surface area (Å²) in [6.45, 7) is 13.0. The summed E-state index contributed by atoms with van der Waals surface area (Å²) in [4.78, 5) is 24.4. The molecular weight excluding hydrogens is 296 g/mol. The molecule has 0 radical (unpaired) electrons. The van der Waals surface area contributed by atoms with E-state index in [0.717, 1.165) is 6.42 Å². The molecule has 0 unspecified atom stereocenters. The molecule has 0 spiro atoms. The second-order valence-corrected chi connectivity index (χ2v) is 12.7. The molecule has 0 bridgehead atoms. The van der Waals surface area contributed by atoms with Gasteiger partial charge in [0.15, 0.2) is 0 Å². The SMILES string of the molecule is CCOC(=O)[C@@]1(/C=C/O[Si](C)(C)C(C)(C)C)[C@@H]2C(=O)CC[C@@H]21. The number of carbonyl (C=O) groups is 2. The first-order valence-electron chi connectivity index (χ1n) is 8.13. The van der Waals surface area contributed by atoms with Crippen LogP contribution in [0.15, 0.2) is 12.3 Å². The Hall–Kier alpha value is -1.10. The summed E-state index contributed by atoms with van der Waals surface area (Å²) in [5.41, 5.74) is -0.756. The Labute approximate surface area is 134 Å². The topological polar surface area (TPSA) is 52.6 Å². The standard InChI is InChI=1S/C17H28O4Si/c1-7-20-15(19)17(12-8-9-13(18)14(12)17)10-11-21-22(5,6)16(2,3)4/h10-12,14H,7-9H2,1-6H3/b11-10+/t12-,14-,17+/m0/s1. The van der Waals surface area contributed by atoms with E-state index in [4.69, 9.17) is 9.16 Å². The lowest BCUT2D eigenvalue weighted by atomic mass is 9.95. The molecule has 124 valence electrons. The van der Waals surface area contributed by atoms with E-state index in [-0.39, 0.29) is 28.6 Å². The highest BCUT2D eigenvalue weighted by atomic mass is 28.4. The first-order valence-corrected chi connectivity index (χ1v) is 11.0. The number of fused-ring (bicyclic) bond motifs is 1. The van der Waals surface area contributed by atoms with Gasteiger partial charge >= 0.3 is 5.97 Å². The lowest BCUT2D eigenvalue weighted by molar-refractivity contribution is -0.150. The third-order valence-electron chi connectivity index (χ3n) is 5.61. The smallest absolute Gasteiger partial charge is 0.317 e. The molecule has 0 amide bonds. The Morgan fingerprint density at radius 1 is 1.41 bits per heavy atom. The Kier molecular flexibility index (Phi) is 4.32. The van der Waals surface area contributed by atoms with Crippen molar-refractivity contribution in [2.75, 3.05) is 6.61 Å². The van der Waals surface area contributed by atoms with E-state index in [0.29, 0.717) is 13.0 Å². The van der Waals surface area contributed by atoms with Crippen molar-refractivity contribution in [3.05, 3.63) is 12.3 Å². The molecule has 4 nitrogen and oxygen atoms in total. The third-order valence-corrected chi connectivity index (χ3v) is 9.95. The summed E-state index contributed by atoms with van der Waals surface area (Å²) in [5.74, 6) is -0.160. The van der Waals surface area contributed by atoms with Crippen molar-refractivity contribution in [3.8, 4) is 0 Å². The first kappa shape index (κ1) is 17.3. The van der Waals surface area contributed by atoms with Crippen LogP contribution in [-0.4, -0.2) is 26.7 Å². The van der Waals surface area contributed by atoms with Crippen molar-refractivity contribution in [1.29, 1.82) is 0 Å². The maximum Gasteiger partial charge on any atom is 0.317 e. The quantitative estimate of drug-likeness (QED) is 0.440. The van der Waals surface area contributed by atoms with Crippen molar-refractivity contribution in [2.24, 2.45) is 17.3 Å². The lowest BCUT2D eigenvalue weighted by Crippen LogP contribution is -2.39. The molecule has 2 rings (SSSR count). The molecule has 22 heavy (non-hydrogen) atoms. The van der Waals surface area contributed by atoms with Gasteiger partial charge in [0.25, 0.3) is 0 Å². The average molecular weight is 324 g/mol. The van der Waals surface area contributed by atoms with Crippen molar-refractivity contribution in [1.82, 2.24) is 0 Å². The molecule has 0 aromatic carbocycles. The number of carbonyl (C=O) groups excluding carboxylic acids is 2. The average Bonchev–Trinajstić information content (AvgIpc) is 2.87. The van der Waals surface area contributed by atoms with E-state index in [9.17, 15) is 9.59 Å². The highest BCUT2D eigenvalue weighted by Gasteiger charge is 2.74. The minimum Gasteiger partial charge on any atom is -0.549 e. The molecular formula is C17H28O4Si. The van der Waals surface area contributed by atoms with E-state index < -0.39 is 13.7 Å². The maximum absolute atomic E-state index is 12.4.